The third-order valence-corrected chi connectivity index (χ3v) is 0. The van der Waals surface area contributed by atoms with E-state index in [1.54, 1.807) is 0 Å². The Bertz CT molecular complexity index is 27.2. The first kappa shape index (κ1) is 9.71. The first-order valence-corrected chi connectivity index (χ1v) is 0.873. The maximum absolute atomic E-state index is 9.75. The molecule has 0 aliphatic carbocycles. The topological polar surface area (TPSA) is 0 Å². The molecule has 6 heavy (non-hydrogen) atoms. The van der Waals surface area contributed by atoms with Gasteiger partial charge in [-0.3, -0.25) is 0 Å². The molecule has 0 spiro atoms. The van der Waals surface area contributed by atoms with Gasteiger partial charge in [0.05, 0.1) is 0 Å². The van der Waals surface area contributed by atoms with Gasteiger partial charge in [0.25, 0.3) is 0 Å². The van der Waals surface area contributed by atoms with Crippen LogP contribution in [-0.2, 0) is 21.7 Å². The fourth-order valence-corrected chi connectivity index (χ4v) is 0. The molecule has 6 heteroatoms. The molecule has 0 saturated heterocycles. The van der Waals surface area contributed by atoms with E-state index in [1.807, 2.05) is 0 Å². The van der Waals surface area contributed by atoms with E-state index in [0.29, 0.717) is 0 Å². The summed E-state index contributed by atoms with van der Waals surface area (Å²) >= 11 is 0. The van der Waals surface area contributed by atoms with Crippen molar-refractivity contribution in [3.63, 3.8) is 0 Å². The van der Waals surface area contributed by atoms with Gasteiger partial charge in [-0.1, -0.05) is 0 Å². The second-order valence-corrected chi connectivity index (χ2v) is 0.495. The van der Waals surface area contributed by atoms with Gasteiger partial charge in [0.1, 0.15) is 0 Å². The monoisotopic (exact) mass is 136 g/mol. The van der Waals surface area contributed by atoms with Gasteiger partial charge >= 0.3 is 8.68 Å². The number of halogens is 4. The summed E-state index contributed by atoms with van der Waals surface area (Å²) in [5, 5.41) is 0. The van der Waals surface area contributed by atoms with Crippen LogP contribution >= 0.6 is 0 Å². The summed E-state index contributed by atoms with van der Waals surface area (Å²) < 4.78 is 39.0. The van der Waals surface area contributed by atoms with Crippen LogP contribution in [0.2, 0.25) is 0 Å². The predicted octanol–water partition coefficient (Wildman–Crippen LogP) is 1.41. The van der Waals surface area contributed by atoms with Crippen LogP contribution in [0.15, 0.2) is 0 Å². The van der Waals surface area contributed by atoms with E-state index < -0.39 is 7.25 Å². The minimum absolute atomic E-state index is 0. The van der Waals surface area contributed by atoms with Gasteiger partial charge in [-0.05, 0) is 0 Å². The normalized spacial score (nSPS) is 10.0. The molecule has 0 unspecified atom stereocenters. The number of hydrogen-bond donors (Lipinski definition) is 0. The Kier molecular flexibility index (Phi) is 4.26. The van der Waals surface area contributed by atoms with Crippen molar-refractivity contribution in [1.29, 1.82) is 0 Å². The van der Waals surface area contributed by atoms with E-state index in [4.69, 9.17) is 0 Å². The summed E-state index contributed by atoms with van der Waals surface area (Å²) in [5.74, 6) is 0. The SMILES string of the molecule is F[B-](F)(F)F.[H+].[Ti]. The molecule has 0 fully saturated rings. The zero-order valence-electron chi connectivity index (χ0n) is 3.59. The van der Waals surface area contributed by atoms with E-state index in [9.17, 15) is 17.3 Å². The molecule has 0 nitrogen and oxygen atoms in total. The van der Waals surface area contributed by atoms with Crippen LogP contribution in [0.25, 0.3) is 0 Å². The van der Waals surface area contributed by atoms with Crippen molar-refractivity contribution in [2.24, 2.45) is 0 Å². The molecular weight excluding hydrogens is 135 g/mol. The quantitative estimate of drug-likeness (QED) is 0.348. The largest absolute Gasteiger partial charge is 1.00 e. The second kappa shape index (κ2) is 2.64. The van der Waals surface area contributed by atoms with E-state index in [-0.39, 0.29) is 23.1 Å². The van der Waals surface area contributed by atoms with Crippen molar-refractivity contribution in [2.45, 2.75) is 0 Å². The van der Waals surface area contributed by atoms with Gasteiger partial charge in [-0.25, -0.2) is 0 Å². The van der Waals surface area contributed by atoms with E-state index in [1.165, 1.54) is 0 Å². The fraction of sp³-hybridized carbons (Fsp3) is 0. The molecule has 0 aliphatic rings. The summed E-state index contributed by atoms with van der Waals surface area (Å²) in [6.45, 7) is 0. The van der Waals surface area contributed by atoms with Gasteiger partial charge in [0.2, 0.25) is 0 Å². The third kappa shape index (κ3) is 221. The Morgan fingerprint density at radius 1 is 1.00 bits per heavy atom. The molecule has 0 bridgehead atoms. The van der Waals surface area contributed by atoms with Gasteiger partial charge in [0.15, 0.2) is 0 Å². The van der Waals surface area contributed by atoms with Gasteiger partial charge in [-0.15, -0.1) is 0 Å². The van der Waals surface area contributed by atoms with Gasteiger partial charge in [-0.2, -0.15) is 0 Å². The molecule has 0 rings (SSSR count). The van der Waals surface area contributed by atoms with Crippen molar-refractivity contribution >= 4 is 7.25 Å². The standard InChI is InChI=1S/BF4.Ti/c2-1(3,4)5;/q-1;/p+1. The first-order valence-electron chi connectivity index (χ1n) is 0.873. The Morgan fingerprint density at radius 3 is 1.00 bits per heavy atom. The van der Waals surface area contributed by atoms with Crippen molar-refractivity contribution in [3.05, 3.63) is 0 Å². The van der Waals surface area contributed by atoms with Crippen LogP contribution in [-0.4, -0.2) is 7.25 Å². The molecule has 0 saturated carbocycles. The molecule has 0 aromatic carbocycles. The molecule has 0 aromatic rings. The Morgan fingerprint density at radius 2 is 1.00 bits per heavy atom. The van der Waals surface area contributed by atoms with Crippen molar-refractivity contribution < 1.29 is 40.4 Å². The molecule has 0 heterocycles. The van der Waals surface area contributed by atoms with Crippen LogP contribution in [0.4, 0.5) is 17.3 Å². The first-order chi connectivity index (χ1) is 2.00. The van der Waals surface area contributed by atoms with Crippen molar-refractivity contribution in [3.8, 4) is 0 Å². The smallest absolute Gasteiger partial charge is 0.418 e. The average molecular weight is 136 g/mol. The van der Waals surface area contributed by atoms with Crippen LogP contribution in [0, 0.1) is 0 Å². The molecule has 0 aromatic heterocycles. The molecule has 0 amide bonds. The minimum Gasteiger partial charge on any atom is -0.418 e. The maximum Gasteiger partial charge on any atom is 1.00 e. The average Bonchev–Trinajstić information content (AvgIpc) is 0.722. The summed E-state index contributed by atoms with van der Waals surface area (Å²) in [4.78, 5) is 0. The predicted molar refractivity (Wildman–Crippen MR) is 11.3 cm³/mol. The zero-order valence-corrected chi connectivity index (χ0v) is 4.15. The Balaban J connectivity index is -0.0000000800. The minimum atomic E-state index is -6.00. The zero-order chi connectivity index (χ0) is 4.50. The molecule has 0 atom stereocenters. The Labute approximate surface area is 48.4 Å². The van der Waals surface area contributed by atoms with Crippen LogP contribution in [0.3, 0.4) is 0 Å². The molecule has 36 valence electrons. The third-order valence-electron chi connectivity index (χ3n) is 0. The van der Waals surface area contributed by atoms with Crippen LogP contribution < -0.4 is 0 Å². The molecule has 0 N–H and O–H groups in total. The maximum atomic E-state index is 9.75. The number of hydrogen-bond acceptors (Lipinski definition) is 0. The van der Waals surface area contributed by atoms with Gasteiger partial charge in [0, 0.05) is 21.7 Å². The van der Waals surface area contributed by atoms with Crippen molar-refractivity contribution in [2.75, 3.05) is 0 Å². The molecule has 0 radical (unpaired) electrons. The fourth-order valence-electron chi connectivity index (χ4n) is 0. The molecular formula is HBF4Ti. The molecule has 0 aliphatic heterocycles. The number of rotatable bonds is 0. The summed E-state index contributed by atoms with van der Waals surface area (Å²) in [7, 11) is -6.00. The Hall–Kier alpha value is 0.499. The summed E-state index contributed by atoms with van der Waals surface area (Å²) in [6.07, 6.45) is 0. The van der Waals surface area contributed by atoms with E-state index in [0.717, 1.165) is 0 Å². The second-order valence-electron chi connectivity index (χ2n) is 0.495. The van der Waals surface area contributed by atoms with Crippen molar-refractivity contribution in [1.82, 2.24) is 0 Å². The van der Waals surface area contributed by atoms with Crippen LogP contribution in [0.5, 0.6) is 0 Å². The summed E-state index contributed by atoms with van der Waals surface area (Å²) in [6, 6.07) is 0. The van der Waals surface area contributed by atoms with Gasteiger partial charge < -0.3 is 17.3 Å². The summed E-state index contributed by atoms with van der Waals surface area (Å²) in [5.41, 5.74) is 0. The van der Waals surface area contributed by atoms with Crippen LogP contribution in [0.1, 0.15) is 1.43 Å². The van der Waals surface area contributed by atoms with E-state index >= 15 is 0 Å². The van der Waals surface area contributed by atoms with E-state index in [2.05, 4.69) is 0 Å².